The van der Waals surface area contributed by atoms with E-state index in [9.17, 15) is 5.11 Å². The molecule has 4 N–H and O–H groups in total. The lowest BCUT2D eigenvalue weighted by molar-refractivity contribution is -0.139. The molecule has 3 aliphatic rings. The van der Waals surface area contributed by atoms with Crippen molar-refractivity contribution in [1.29, 1.82) is 0 Å². The second kappa shape index (κ2) is 9.07. The van der Waals surface area contributed by atoms with Gasteiger partial charge in [0.25, 0.3) is 0 Å². The van der Waals surface area contributed by atoms with Gasteiger partial charge in [0.05, 0.1) is 10.3 Å². The normalized spacial score (nSPS) is 42.2. The average Bonchev–Trinajstić information content (AvgIpc) is 2.99. The highest BCUT2D eigenvalue weighted by atomic mass is 35.5. The smallest absolute Gasteiger partial charge is 0.0845 e. The van der Waals surface area contributed by atoms with Crippen LogP contribution in [0.2, 0.25) is 0 Å². The first-order chi connectivity index (χ1) is 12.9. The van der Waals surface area contributed by atoms with E-state index in [-0.39, 0.29) is 28.2 Å². The van der Waals surface area contributed by atoms with Crippen LogP contribution in [0.1, 0.15) is 40.0 Å². The molecule has 0 aromatic carbocycles. The van der Waals surface area contributed by atoms with Gasteiger partial charge in [-0.1, -0.05) is 13.8 Å². The fraction of sp³-hybridized carbons (Fsp3) is 1.00. The minimum atomic E-state index is -0.0820. The second-order valence-corrected chi connectivity index (χ2v) is 11.2. The molecule has 3 heterocycles. The van der Waals surface area contributed by atoms with Crippen LogP contribution in [0.3, 0.4) is 0 Å². The molecule has 0 aromatic rings. The maximum Gasteiger partial charge on any atom is 0.0845 e. The number of thioether (sulfide) groups is 1. The molecule has 0 radical (unpaired) electrons. The lowest BCUT2D eigenvalue weighted by Gasteiger charge is -2.53. The number of ether oxygens (including phenoxy) is 1. The van der Waals surface area contributed by atoms with Gasteiger partial charge >= 0.3 is 0 Å². The molecule has 3 fully saturated rings. The van der Waals surface area contributed by atoms with Crippen molar-refractivity contribution in [3.63, 3.8) is 0 Å². The van der Waals surface area contributed by atoms with Crippen molar-refractivity contribution in [3.8, 4) is 0 Å². The minimum Gasteiger partial charge on any atom is -0.396 e. The zero-order valence-electron chi connectivity index (χ0n) is 17.1. The van der Waals surface area contributed by atoms with Crippen molar-refractivity contribution in [2.45, 2.75) is 61.6 Å². The molecule has 0 aliphatic carbocycles. The van der Waals surface area contributed by atoms with Crippen LogP contribution in [-0.4, -0.2) is 77.5 Å². The van der Waals surface area contributed by atoms with Crippen molar-refractivity contribution in [2.24, 2.45) is 23.0 Å². The number of halogens is 1. The summed E-state index contributed by atoms with van der Waals surface area (Å²) < 4.78 is 6.49. The topological polar surface area (TPSA) is 70.8 Å². The number of nitrogens with two attached hydrogens (primary N) is 1. The van der Waals surface area contributed by atoms with Crippen LogP contribution in [-0.2, 0) is 4.74 Å². The number of rotatable bonds is 7. The predicted molar refractivity (Wildman–Crippen MR) is 114 cm³/mol. The maximum absolute atomic E-state index is 9.82. The van der Waals surface area contributed by atoms with Gasteiger partial charge in [0, 0.05) is 62.0 Å². The number of aliphatic hydroxyl groups excluding tert-OH is 1. The van der Waals surface area contributed by atoms with Crippen molar-refractivity contribution in [2.75, 3.05) is 45.9 Å². The molecular formula is C20H38ClN3O2S. The zero-order chi connectivity index (χ0) is 19.7. The fourth-order valence-electron chi connectivity index (χ4n) is 5.36. The Labute approximate surface area is 174 Å². The highest BCUT2D eigenvalue weighted by Crippen LogP contribution is 2.56. The van der Waals surface area contributed by atoms with Gasteiger partial charge in [-0.25, -0.2) is 0 Å². The van der Waals surface area contributed by atoms with E-state index in [4.69, 9.17) is 22.1 Å². The molecule has 3 saturated heterocycles. The Morgan fingerprint density at radius 2 is 2.26 bits per heavy atom. The highest BCUT2D eigenvalue weighted by molar-refractivity contribution is 8.02. The van der Waals surface area contributed by atoms with Gasteiger partial charge in [-0.15, -0.1) is 23.4 Å². The minimum absolute atomic E-state index is 0.0116. The van der Waals surface area contributed by atoms with Crippen molar-refractivity contribution >= 4 is 23.4 Å². The number of fused-ring (bicyclic) bond motifs is 2. The van der Waals surface area contributed by atoms with E-state index in [1.807, 2.05) is 11.8 Å². The van der Waals surface area contributed by atoms with Gasteiger partial charge in [0.15, 0.2) is 0 Å². The molecule has 0 bridgehead atoms. The number of piperidine rings is 1. The number of alkyl halides is 1. The molecule has 27 heavy (non-hydrogen) atoms. The molecule has 0 aromatic heterocycles. The molecule has 6 unspecified atom stereocenters. The molecule has 7 heteroatoms. The summed E-state index contributed by atoms with van der Waals surface area (Å²) in [6, 6.07) is 0.465. The molecule has 1 spiro atoms. The third-order valence-corrected chi connectivity index (χ3v) is 9.40. The summed E-state index contributed by atoms with van der Waals surface area (Å²) in [5.41, 5.74) is 6.14. The Kier molecular flexibility index (Phi) is 7.43. The summed E-state index contributed by atoms with van der Waals surface area (Å²) in [6.45, 7) is 12.5. The van der Waals surface area contributed by atoms with Crippen LogP contribution in [0.15, 0.2) is 0 Å². The van der Waals surface area contributed by atoms with E-state index in [2.05, 4.69) is 31.0 Å². The summed E-state index contributed by atoms with van der Waals surface area (Å²) in [5, 5.41) is 13.7. The summed E-state index contributed by atoms with van der Waals surface area (Å²) in [7, 11) is 0. The monoisotopic (exact) mass is 419 g/mol. The van der Waals surface area contributed by atoms with Crippen LogP contribution in [0.5, 0.6) is 0 Å². The molecule has 0 amide bonds. The second-order valence-electron chi connectivity index (χ2n) is 9.19. The number of nitrogens with zero attached hydrogens (tertiary/aromatic N) is 1. The predicted octanol–water partition coefficient (Wildman–Crippen LogP) is 2.11. The molecule has 7 atom stereocenters. The van der Waals surface area contributed by atoms with Crippen LogP contribution in [0, 0.1) is 17.3 Å². The average molecular weight is 420 g/mol. The van der Waals surface area contributed by atoms with Crippen molar-refractivity contribution in [3.05, 3.63) is 0 Å². The van der Waals surface area contributed by atoms with Gasteiger partial charge in [-0.05, 0) is 38.6 Å². The first-order valence-corrected chi connectivity index (χ1v) is 11.9. The zero-order valence-corrected chi connectivity index (χ0v) is 18.7. The van der Waals surface area contributed by atoms with E-state index in [1.54, 1.807) is 0 Å². The lowest BCUT2D eigenvalue weighted by atomic mass is 9.73. The van der Waals surface area contributed by atoms with Crippen LogP contribution < -0.4 is 11.1 Å². The summed E-state index contributed by atoms with van der Waals surface area (Å²) in [5.74, 6) is 0.689. The van der Waals surface area contributed by atoms with Crippen molar-refractivity contribution < 1.29 is 9.84 Å². The highest BCUT2D eigenvalue weighted by Gasteiger charge is 2.57. The molecule has 0 saturated carbocycles. The van der Waals surface area contributed by atoms with Crippen LogP contribution in [0.25, 0.3) is 0 Å². The summed E-state index contributed by atoms with van der Waals surface area (Å²) >= 11 is 8.44. The number of likely N-dealkylation sites (tertiary alicyclic amines) is 1. The Morgan fingerprint density at radius 1 is 1.48 bits per heavy atom. The first kappa shape index (κ1) is 22.1. The van der Waals surface area contributed by atoms with Gasteiger partial charge in [0.2, 0.25) is 0 Å². The summed E-state index contributed by atoms with van der Waals surface area (Å²) in [6.07, 6.45) is 3.12. The van der Waals surface area contributed by atoms with E-state index in [0.717, 1.165) is 52.0 Å². The fourth-order valence-corrected chi connectivity index (χ4v) is 7.80. The Morgan fingerprint density at radius 3 is 2.89 bits per heavy atom. The molecular weight excluding hydrogens is 382 g/mol. The molecule has 3 rings (SSSR count). The third-order valence-electron chi connectivity index (χ3n) is 7.09. The Bertz CT molecular complexity index is 502. The van der Waals surface area contributed by atoms with E-state index < -0.39 is 0 Å². The first-order valence-electron chi connectivity index (χ1n) is 10.6. The van der Waals surface area contributed by atoms with E-state index in [1.165, 1.54) is 0 Å². The van der Waals surface area contributed by atoms with Gasteiger partial charge < -0.3 is 20.9 Å². The SMILES string of the molecule is CCNCC(C)(CN)CN1CCC2(C[C@@H]1C)OCCC1C(CO)C(Cl)SC12. The quantitative estimate of drug-likeness (QED) is 0.549. The molecule has 5 nitrogen and oxygen atoms in total. The molecule has 3 aliphatic heterocycles. The number of aliphatic hydroxyl groups is 1. The van der Waals surface area contributed by atoms with Crippen LogP contribution in [0.4, 0.5) is 0 Å². The van der Waals surface area contributed by atoms with E-state index in [0.29, 0.717) is 23.8 Å². The van der Waals surface area contributed by atoms with Crippen LogP contribution >= 0.6 is 23.4 Å². The standard InChI is InChI=1S/C20H38ClN3O2S/c1-4-23-12-19(3,11-22)13-24-7-6-20(9-14(24)2)17-15(5-8-26-20)16(10-25)18(21)27-17/h14-18,23,25H,4-13,22H2,1-3H3/t14-,15?,16?,17?,18?,19?,20?/m0/s1. The van der Waals surface area contributed by atoms with E-state index >= 15 is 0 Å². The molecule has 158 valence electrons. The largest absolute Gasteiger partial charge is 0.396 e. The Hall–Kier alpha value is 0.440. The van der Waals surface area contributed by atoms with Gasteiger partial charge in [-0.2, -0.15) is 0 Å². The van der Waals surface area contributed by atoms with Crippen molar-refractivity contribution in [1.82, 2.24) is 10.2 Å². The number of hydrogen-bond donors (Lipinski definition) is 3. The number of hydrogen-bond acceptors (Lipinski definition) is 6. The van der Waals surface area contributed by atoms with Gasteiger partial charge in [0.1, 0.15) is 0 Å². The lowest BCUT2D eigenvalue weighted by Crippen LogP contribution is -2.60. The maximum atomic E-state index is 9.82. The Balaban J connectivity index is 1.67. The third kappa shape index (κ3) is 4.47. The van der Waals surface area contributed by atoms with Gasteiger partial charge in [-0.3, -0.25) is 4.90 Å². The number of nitrogens with one attached hydrogen (secondary N) is 1. The summed E-state index contributed by atoms with van der Waals surface area (Å²) in [4.78, 5) is 2.60.